The highest BCUT2D eigenvalue weighted by molar-refractivity contribution is 14.2. The van der Waals surface area contributed by atoms with Gasteiger partial charge in [0.1, 0.15) is 0 Å². The van der Waals surface area contributed by atoms with Crippen molar-refractivity contribution in [1.82, 2.24) is 0 Å². The van der Waals surface area contributed by atoms with E-state index in [1.165, 1.54) is 21.7 Å². The van der Waals surface area contributed by atoms with Gasteiger partial charge in [-0.3, -0.25) is 0 Å². The van der Waals surface area contributed by atoms with Crippen LogP contribution in [0.15, 0.2) is 48.5 Å². The Kier molecular flexibility index (Phi) is 3.99. The van der Waals surface area contributed by atoms with Crippen molar-refractivity contribution in [3.8, 4) is 0 Å². The van der Waals surface area contributed by atoms with Crippen molar-refractivity contribution in [2.45, 2.75) is 13.8 Å². The van der Waals surface area contributed by atoms with Crippen LogP contribution >= 0.6 is 27.6 Å². The number of hydrogen-bond donors (Lipinski definition) is 0. The summed E-state index contributed by atoms with van der Waals surface area (Å²) in [5.74, 6) is 0. The number of benzene rings is 2. The van der Waals surface area contributed by atoms with Gasteiger partial charge in [0.05, 0.1) is 0 Å². The molecule has 0 aliphatic carbocycles. The fraction of sp³-hybridized carbons (Fsp3) is 0.143. The van der Waals surface area contributed by atoms with Gasteiger partial charge in [-0.1, -0.05) is 59.7 Å². The molecular formula is C14H14IP. The smallest absolute Gasteiger partial charge is 0.0215 e. The van der Waals surface area contributed by atoms with Gasteiger partial charge in [0, 0.05) is 5.56 Å². The Labute approximate surface area is 111 Å². The van der Waals surface area contributed by atoms with E-state index in [-0.39, 0.29) is 5.56 Å². The second kappa shape index (κ2) is 5.29. The van der Waals surface area contributed by atoms with E-state index in [0.29, 0.717) is 0 Å². The summed E-state index contributed by atoms with van der Waals surface area (Å²) in [6, 6.07) is 17.7. The van der Waals surface area contributed by atoms with Crippen molar-refractivity contribution < 1.29 is 0 Å². The molecule has 0 N–H and O–H groups in total. The molecule has 2 aromatic carbocycles. The lowest BCUT2D eigenvalue weighted by Gasteiger charge is -2.11. The van der Waals surface area contributed by atoms with E-state index >= 15 is 0 Å². The molecule has 0 aromatic heterocycles. The van der Waals surface area contributed by atoms with E-state index in [4.69, 9.17) is 0 Å². The standard InChI is InChI=1S/C14H14IP/c1-11-3-7-13(8-4-11)16(15)14-9-5-12(2)6-10-14/h3-10H,1-2H3. The molecule has 2 aromatic rings. The average molecular weight is 340 g/mol. The zero-order valence-corrected chi connectivity index (χ0v) is 12.5. The highest BCUT2D eigenvalue weighted by Gasteiger charge is 2.08. The summed E-state index contributed by atoms with van der Waals surface area (Å²) in [5.41, 5.74) is 2.43. The minimum atomic E-state index is -0.226. The van der Waals surface area contributed by atoms with Gasteiger partial charge in [-0.15, -0.1) is 0 Å². The van der Waals surface area contributed by atoms with Gasteiger partial charge in [-0.25, -0.2) is 0 Å². The van der Waals surface area contributed by atoms with Crippen LogP contribution in [0.25, 0.3) is 0 Å². The Bertz CT molecular complexity index is 414. The Morgan fingerprint density at radius 2 is 1.00 bits per heavy atom. The van der Waals surface area contributed by atoms with Crippen molar-refractivity contribution in [3.63, 3.8) is 0 Å². The van der Waals surface area contributed by atoms with Crippen LogP contribution in [-0.4, -0.2) is 0 Å². The van der Waals surface area contributed by atoms with Crippen molar-refractivity contribution in [2.75, 3.05) is 0 Å². The van der Waals surface area contributed by atoms with Crippen LogP contribution in [0.5, 0.6) is 0 Å². The predicted molar refractivity (Wildman–Crippen MR) is 82.6 cm³/mol. The number of rotatable bonds is 2. The summed E-state index contributed by atoms with van der Waals surface area (Å²) < 4.78 is 0. The van der Waals surface area contributed by atoms with Crippen LogP contribution in [-0.2, 0) is 0 Å². The second-order valence-electron chi connectivity index (χ2n) is 3.95. The minimum absolute atomic E-state index is 0.226. The average Bonchev–Trinajstić information content (AvgIpc) is 2.30. The summed E-state index contributed by atoms with van der Waals surface area (Å²) >= 11 is 2.56. The lowest BCUT2D eigenvalue weighted by atomic mass is 10.2. The zero-order valence-electron chi connectivity index (χ0n) is 9.44. The quantitative estimate of drug-likeness (QED) is 0.571. The van der Waals surface area contributed by atoms with Gasteiger partial charge < -0.3 is 0 Å². The van der Waals surface area contributed by atoms with E-state index < -0.39 is 0 Å². The Balaban J connectivity index is 2.28. The maximum absolute atomic E-state index is 2.56. The first kappa shape index (κ1) is 12.1. The summed E-state index contributed by atoms with van der Waals surface area (Å²) in [4.78, 5) is 0. The fourth-order valence-electron chi connectivity index (χ4n) is 1.50. The van der Waals surface area contributed by atoms with Gasteiger partial charge in [0.25, 0.3) is 0 Å². The first-order valence-electron chi connectivity index (χ1n) is 5.26. The van der Waals surface area contributed by atoms with E-state index in [2.05, 4.69) is 84.4 Å². The highest BCUT2D eigenvalue weighted by atomic mass is 127. The van der Waals surface area contributed by atoms with Crippen molar-refractivity contribution in [3.05, 3.63) is 59.7 Å². The third-order valence-corrected chi connectivity index (χ3v) is 7.37. The maximum Gasteiger partial charge on any atom is 0.0215 e. The molecule has 0 bridgehead atoms. The molecule has 2 heteroatoms. The van der Waals surface area contributed by atoms with Crippen LogP contribution in [0.3, 0.4) is 0 Å². The van der Waals surface area contributed by atoms with Crippen molar-refractivity contribution in [1.29, 1.82) is 0 Å². The summed E-state index contributed by atoms with van der Waals surface area (Å²) in [5, 5.41) is 2.87. The number of aryl methyl sites for hydroxylation is 2. The molecule has 0 amide bonds. The van der Waals surface area contributed by atoms with E-state index in [9.17, 15) is 0 Å². The van der Waals surface area contributed by atoms with Gasteiger partial charge in [0.2, 0.25) is 0 Å². The molecule has 16 heavy (non-hydrogen) atoms. The topological polar surface area (TPSA) is 0 Å². The molecule has 0 unspecified atom stereocenters. The summed E-state index contributed by atoms with van der Waals surface area (Å²) in [6.07, 6.45) is 0. The Morgan fingerprint density at radius 1 is 0.688 bits per heavy atom. The second-order valence-corrected chi connectivity index (χ2v) is 8.44. The Morgan fingerprint density at radius 3 is 1.31 bits per heavy atom. The molecule has 0 aliphatic rings. The first-order chi connectivity index (χ1) is 7.66. The normalized spacial score (nSPS) is 10.8. The van der Waals surface area contributed by atoms with Crippen LogP contribution in [0, 0.1) is 13.8 Å². The SMILES string of the molecule is Cc1ccc(P(I)c2ccc(C)cc2)cc1. The molecule has 0 atom stereocenters. The van der Waals surface area contributed by atoms with Crippen LogP contribution in [0.1, 0.15) is 11.1 Å². The van der Waals surface area contributed by atoms with Gasteiger partial charge >= 0.3 is 0 Å². The monoisotopic (exact) mass is 340 g/mol. The van der Waals surface area contributed by atoms with Gasteiger partial charge in [0.15, 0.2) is 0 Å². The zero-order chi connectivity index (χ0) is 11.5. The lowest BCUT2D eigenvalue weighted by molar-refractivity contribution is 1.49. The van der Waals surface area contributed by atoms with Gasteiger partial charge in [-0.05, 0) is 46.5 Å². The molecule has 0 aliphatic heterocycles. The molecule has 0 radical (unpaired) electrons. The third-order valence-electron chi connectivity index (χ3n) is 2.52. The molecule has 0 heterocycles. The van der Waals surface area contributed by atoms with Crippen LogP contribution in [0.4, 0.5) is 0 Å². The first-order valence-corrected chi connectivity index (χ1v) is 9.39. The van der Waals surface area contributed by atoms with E-state index in [1.54, 1.807) is 0 Å². The molecular weight excluding hydrogens is 326 g/mol. The Hall–Kier alpha value is -0.400. The fourth-order valence-corrected chi connectivity index (χ4v) is 4.55. The van der Waals surface area contributed by atoms with Gasteiger partial charge in [-0.2, -0.15) is 0 Å². The molecule has 0 saturated carbocycles. The van der Waals surface area contributed by atoms with Crippen molar-refractivity contribution >= 4 is 38.2 Å². The molecule has 0 fully saturated rings. The predicted octanol–water partition coefficient (Wildman–Crippen LogP) is 4.09. The maximum atomic E-state index is 2.56. The van der Waals surface area contributed by atoms with E-state index in [0.717, 1.165) is 0 Å². The largest absolute Gasteiger partial charge is 0.0587 e. The minimum Gasteiger partial charge on any atom is -0.0587 e. The van der Waals surface area contributed by atoms with Crippen LogP contribution < -0.4 is 10.6 Å². The third kappa shape index (κ3) is 2.83. The molecule has 2 rings (SSSR count). The number of halogens is 1. The van der Waals surface area contributed by atoms with Crippen molar-refractivity contribution in [2.24, 2.45) is 0 Å². The molecule has 82 valence electrons. The van der Waals surface area contributed by atoms with Crippen LogP contribution in [0.2, 0.25) is 0 Å². The molecule has 0 spiro atoms. The highest BCUT2D eigenvalue weighted by Crippen LogP contribution is 2.42. The van der Waals surface area contributed by atoms with E-state index in [1.807, 2.05) is 0 Å². The number of hydrogen-bond acceptors (Lipinski definition) is 0. The molecule has 0 saturated heterocycles. The summed E-state index contributed by atoms with van der Waals surface area (Å²) in [7, 11) is 0. The lowest BCUT2D eigenvalue weighted by Crippen LogP contribution is -2.07. The summed E-state index contributed by atoms with van der Waals surface area (Å²) in [6.45, 7) is 4.26. The molecule has 0 nitrogen and oxygen atoms in total.